The summed E-state index contributed by atoms with van der Waals surface area (Å²) < 4.78 is 3.54. The van der Waals surface area contributed by atoms with Crippen LogP contribution in [0, 0.1) is 0 Å². The van der Waals surface area contributed by atoms with Crippen molar-refractivity contribution in [3.63, 3.8) is 0 Å². The quantitative estimate of drug-likeness (QED) is 0.575. The van der Waals surface area contributed by atoms with E-state index < -0.39 is 0 Å². The van der Waals surface area contributed by atoms with Gasteiger partial charge in [0.25, 0.3) is 0 Å². The molecule has 76 valence electrons. The van der Waals surface area contributed by atoms with Crippen molar-refractivity contribution in [2.75, 3.05) is 0 Å². The SMILES string of the molecule is C[n+]1ccc(C[Se]c2ccccc2)cc1. The molecule has 2 heteroatoms. The van der Waals surface area contributed by atoms with Gasteiger partial charge in [-0.15, -0.1) is 0 Å². The van der Waals surface area contributed by atoms with Gasteiger partial charge >= 0.3 is 96.8 Å². The maximum atomic E-state index is 2.21. The van der Waals surface area contributed by atoms with Gasteiger partial charge < -0.3 is 0 Å². The number of rotatable bonds is 3. The summed E-state index contributed by atoms with van der Waals surface area (Å²) in [5.41, 5.74) is 1.43. The van der Waals surface area contributed by atoms with E-state index in [9.17, 15) is 0 Å². The van der Waals surface area contributed by atoms with Gasteiger partial charge in [0.2, 0.25) is 0 Å². The Morgan fingerprint density at radius 2 is 1.67 bits per heavy atom. The van der Waals surface area contributed by atoms with Crippen molar-refractivity contribution in [1.82, 2.24) is 0 Å². The van der Waals surface area contributed by atoms with Gasteiger partial charge in [-0.25, -0.2) is 0 Å². The summed E-state index contributed by atoms with van der Waals surface area (Å²) in [6.45, 7) is 0. The Balaban J connectivity index is 1.96. The second-order valence-corrected chi connectivity index (χ2v) is 5.67. The minimum absolute atomic E-state index is 0.557. The fourth-order valence-corrected chi connectivity index (χ4v) is 3.15. The molecule has 15 heavy (non-hydrogen) atoms. The fourth-order valence-electron chi connectivity index (χ4n) is 1.31. The summed E-state index contributed by atoms with van der Waals surface area (Å²) >= 11 is 0.557. The number of benzene rings is 1. The van der Waals surface area contributed by atoms with Crippen LogP contribution in [-0.4, -0.2) is 15.0 Å². The van der Waals surface area contributed by atoms with Gasteiger partial charge in [-0.2, -0.15) is 0 Å². The van der Waals surface area contributed by atoms with Crippen LogP contribution in [0.25, 0.3) is 0 Å². The Bertz CT molecular complexity index is 408. The predicted molar refractivity (Wildman–Crippen MR) is 63.2 cm³/mol. The standard InChI is InChI=1S/C13H14NSe/c1-14-9-7-12(8-10-14)11-15-13-5-3-2-4-6-13/h2-10H,11H2,1H3/q+1. The van der Waals surface area contributed by atoms with Crippen LogP contribution in [0.3, 0.4) is 0 Å². The van der Waals surface area contributed by atoms with Crippen LogP contribution in [0.2, 0.25) is 0 Å². The monoisotopic (exact) mass is 264 g/mol. The van der Waals surface area contributed by atoms with Crippen molar-refractivity contribution in [3.8, 4) is 0 Å². The molecule has 2 rings (SSSR count). The van der Waals surface area contributed by atoms with Gasteiger partial charge in [-0.1, -0.05) is 0 Å². The van der Waals surface area contributed by atoms with E-state index in [1.807, 2.05) is 7.05 Å². The van der Waals surface area contributed by atoms with Crippen LogP contribution in [0.5, 0.6) is 0 Å². The Morgan fingerprint density at radius 3 is 2.33 bits per heavy atom. The molecule has 0 aliphatic rings. The Morgan fingerprint density at radius 1 is 1.00 bits per heavy atom. The summed E-state index contributed by atoms with van der Waals surface area (Å²) in [6, 6.07) is 15.1. The zero-order chi connectivity index (χ0) is 10.5. The molecule has 0 bridgehead atoms. The van der Waals surface area contributed by atoms with Gasteiger partial charge in [0, 0.05) is 0 Å². The molecule has 0 unspecified atom stereocenters. The molecular weight excluding hydrogens is 249 g/mol. The van der Waals surface area contributed by atoms with E-state index in [1.54, 1.807) is 0 Å². The second-order valence-electron chi connectivity index (χ2n) is 3.47. The molecule has 1 aromatic carbocycles. The Hall–Kier alpha value is -1.11. The first-order valence-electron chi connectivity index (χ1n) is 4.96. The van der Waals surface area contributed by atoms with E-state index in [1.165, 1.54) is 15.3 Å². The van der Waals surface area contributed by atoms with Crippen molar-refractivity contribution < 1.29 is 4.57 Å². The number of pyridine rings is 1. The third kappa shape index (κ3) is 3.19. The van der Waals surface area contributed by atoms with Crippen LogP contribution < -0.4 is 9.03 Å². The van der Waals surface area contributed by atoms with Crippen LogP contribution in [-0.2, 0) is 12.4 Å². The second kappa shape index (κ2) is 5.11. The van der Waals surface area contributed by atoms with Crippen LogP contribution in [0.4, 0.5) is 0 Å². The third-order valence-electron chi connectivity index (χ3n) is 2.20. The molecule has 1 aromatic heterocycles. The van der Waals surface area contributed by atoms with Crippen LogP contribution >= 0.6 is 0 Å². The molecule has 0 N–H and O–H groups in total. The molecule has 1 nitrogen and oxygen atoms in total. The molecule has 0 amide bonds. The number of nitrogens with zero attached hydrogens (tertiary/aromatic N) is 1. The summed E-state index contributed by atoms with van der Waals surface area (Å²) in [6.07, 6.45) is 4.22. The van der Waals surface area contributed by atoms with Gasteiger partial charge in [-0.05, 0) is 0 Å². The number of aryl methyl sites for hydroxylation is 1. The molecule has 0 aliphatic carbocycles. The summed E-state index contributed by atoms with van der Waals surface area (Å²) in [5, 5.41) is 1.18. The van der Waals surface area contributed by atoms with Crippen molar-refractivity contribution >= 4 is 19.4 Å². The number of hydrogen-bond acceptors (Lipinski definition) is 0. The normalized spacial score (nSPS) is 10.2. The average Bonchev–Trinajstić information content (AvgIpc) is 2.30. The first-order chi connectivity index (χ1) is 7.34. The van der Waals surface area contributed by atoms with E-state index in [0.29, 0.717) is 15.0 Å². The molecule has 0 fully saturated rings. The molecule has 0 aliphatic heterocycles. The van der Waals surface area contributed by atoms with Crippen molar-refractivity contribution in [1.29, 1.82) is 0 Å². The zero-order valence-corrected chi connectivity index (χ0v) is 10.5. The van der Waals surface area contributed by atoms with Crippen molar-refractivity contribution in [2.24, 2.45) is 7.05 Å². The van der Waals surface area contributed by atoms with E-state index in [-0.39, 0.29) is 0 Å². The van der Waals surface area contributed by atoms with E-state index >= 15 is 0 Å². The van der Waals surface area contributed by atoms with Crippen LogP contribution in [0.15, 0.2) is 54.9 Å². The van der Waals surface area contributed by atoms with Crippen molar-refractivity contribution in [3.05, 3.63) is 60.4 Å². The number of hydrogen-bond donors (Lipinski definition) is 0. The summed E-state index contributed by atoms with van der Waals surface area (Å²) in [4.78, 5) is 0. The van der Waals surface area contributed by atoms with Gasteiger partial charge in [0.05, 0.1) is 0 Å². The van der Waals surface area contributed by atoms with Crippen molar-refractivity contribution in [2.45, 2.75) is 5.32 Å². The van der Waals surface area contributed by atoms with Gasteiger partial charge in [0.1, 0.15) is 0 Å². The van der Waals surface area contributed by atoms with E-state index in [0.717, 1.165) is 0 Å². The molecule has 0 atom stereocenters. The molecule has 0 radical (unpaired) electrons. The molecule has 0 spiro atoms. The van der Waals surface area contributed by atoms with Crippen LogP contribution in [0.1, 0.15) is 5.56 Å². The molecule has 2 aromatic rings. The Kier molecular flexibility index (Phi) is 3.54. The zero-order valence-electron chi connectivity index (χ0n) is 8.76. The molecule has 0 saturated heterocycles. The molecule has 0 saturated carbocycles. The molecular formula is C13H14NSe+. The number of aromatic nitrogens is 1. The summed E-state index contributed by atoms with van der Waals surface area (Å²) in [5.74, 6) is 0. The van der Waals surface area contributed by atoms with E-state index in [4.69, 9.17) is 0 Å². The summed E-state index contributed by atoms with van der Waals surface area (Å²) in [7, 11) is 2.05. The Labute approximate surface area is 96.9 Å². The van der Waals surface area contributed by atoms with E-state index in [2.05, 4.69) is 59.4 Å². The fraction of sp³-hybridized carbons (Fsp3) is 0.154. The minimum atomic E-state index is 0.557. The topological polar surface area (TPSA) is 3.88 Å². The van der Waals surface area contributed by atoms with Gasteiger partial charge in [0.15, 0.2) is 0 Å². The maximum absolute atomic E-state index is 2.21. The average molecular weight is 263 g/mol. The first kappa shape index (κ1) is 10.4. The predicted octanol–water partition coefficient (Wildman–Crippen LogP) is 1.04. The third-order valence-corrected chi connectivity index (χ3v) is 4.47. The first-order valence-corrected chi connectivity index (χ1v) is 7.03. The molecule has 1 heterocycles. The van der Waals surface area contributed by atoms with Gasteiger partial charge in [-0.3, -0.25) is 0 Å².